The van der Waals surface area contributed by atoms with Crippen molar-refractivity contribution < 1.29 is 5.21 Å². The average Bonchev–Trinajstić information content (AvgIpc) is 2.04. The molecule has 0 bridgehead atoms. The van der Waals surface area contributed by atoms with Gasteiger partial charge >= 0.3 is 79.0 Å². The van der Waals surface area contributed by atoms with E-state index in [4.69, 9.17) is 5.21 Å². The van der Waals surface area contributed by atoms with Gasteiger partial charge in [0.25, 0.3) is 0 Å². The van der Waals surface area contributed by atoms with Crippen LogP contribution in [0.25, 0.3) is 0 Å². The number of rotatable bonds is 6. The quantitative estimate of drug-likeness (QED) is 0.260. The average molecular weight is 271 g/mol. The summed E-state index contributed by atoms with van der Waals surface area (Å²) in [7, 11) is 0. The zero-order chi connectivity index (χ0) is 8.53. The first-order chi connectivity index (χ1) is 5.31. The van der Waals surface area contributed by atoms with E-state index < -0.39 is 0 Å². The normalized spacial score (nSPS) is 12.0. The first kappa shape index (κ1) is 11.3. The Bertz CT molecular complexity index is 115. The fourth-order valence-electron chi connectivity index (χ4n) is 0.618. The SMILES string of the molecule is CCCC[Te]CC/C(C)=N\O. The van der Waals surface area contributed by atoms with Crippen molar-refractivity contribution in [2.45, 2.75) is 42.0 Å². The van der Waals surface area contributed by atoms with E-state index in [0.717, 1.165) is 12.1 Å². The second-order valence-corrected chi connectivity index (χ2v) is 6.05. The van der Waals surface area contributed by atoms with Crippen molar-refractivity contribution in [1.82, 2.24) is 0 Å². The van der Waals surface area contributed by atoms with Crippen LogP contribution in [0.3, 0.4) is 0 Å². The molecule has 0 radical (unpaired) electrons. The molecule has 2 nitrogen and oxygen atoms in total. The molecule has 0 unspecified atom stereocenters. The van der Waals surface area contributed by atoms with Crippen molar-refractivity contribution >= 4 is 26.6 Å². The Morgan fingerprint density at radius 3 is 2.73 bits per heavy atom. The third kappa shape index (κ3) is 8.16. The van der Waals surface area contributed by atoms with Crippen molar-refractivity contribution in [2.24, 2.45) is 5.16 Å². The molecule has 0 spiro atoms. The van der Waals surface area contributed by atoms with Crippen LogP contribution in [-0.2, 0) is 0 Å². The molecule has 0 aromatic carbocycles. The van der Waals surface area contributed by atoms with Crippen molar-refractivity contribution in [3.63, 3.8) is 0 Å². The van der Waals surface area contributed by atoms with Gasteiger partial charge in [-0.1, -0.05) is 0 Å². The summed E-state index contributed by atoms with van der Waals surface area (Å²) < 4.78 is 2.74. The molecule has 0 aromatic rings. The van der Waals surface area contributed by atoms with Gasteiger partial charge in [0.1, 0.15) is 0 Å². The van der Waals surface area contributed by atoms with Gasteiger partial charge in [-0.05, 0) is 0 Å². The fourth-order valence-corrected chi connectivity index (χ4v) is 3.86. The Morgan fingerprint density at radius 1 is 1.45 bits per heavy atom. The molecule has 0 heterocycles. The summed E-state index contributed by atoms with van der Waals surface area (Å²) in [4.78, 5) is 0. The predicted molar refractivity (Wildman–Crippen MR) is 49.8 cm³/mol. The zero-order valence-corrected chi connectivity index (χ0v) is 9.67. The predicted octanol–water partition coefficient (Wildman–Crippen LogP) is 2.57. The van der Waals surface area contributed by atoms with Crippen LogP contribution < -0.4 is 0 Å². The standard InChI is InChI=1S/C8H17NOTe/c1-3-4-6-11-7-5-8(2)9-10/h10H,3-7H2,1-2H3/b9-8-. The molecule has 0 atom stereocenters. The van der Waals surface area contributed by atoms with Crippen LogP contribution in [0, 0.1) is 0 Å². The molecule has 0 amide bonds. The molecule has 0 aliphatic carbocycles. The summed E-state index contributed by atoms with van der Waals surface area (Å²) in [6.07, 6.45) is 3.71. The van der Waals surface area contributed by atoms with Crippen LogP contribution in [0.5, 0.6) is 0 Å². The van der Waals surface area contributed by atoms with E-state index in [1.54, 1.807) is 0 Å². The molecule has 11 heavy (non-hydrogen) atoms. The van der Waals surface area contributed by atoms with Crippen LogP contribution >= 0.6 is 0 Å². The van der Waals surface area contributed by atoms with E-state index in [2.05, 4.69) is 12.1 Å². The van der Waals surface area contributed by atoms with Crippen molar-refractivity contribution in [1.29, 1.82) is 0 Å². The summed E-state index contributed by atoms with van der Waals surface area (Å²) in [6.45, 7) is 4.11. The second kappa shape index (κ2) is 8.36. The number of unbranched alkanes of at least 4 members (excludes halogenated alkanes) is 1. The van der Waals surface area contributed by atoms with Crippen LogP contribution in [0.1, 0.15) is 33.1 Å². The van der Waals surface area contributed by atoms with Gasteiger partial charge in [-0.15, -0.1) is 0 Å². The molecule has 0 saturated carbocycles. The Balaban J connectivity index is 3.02. The van der Waals surface area contributed by atoms with Gasteiger partial charge in [-0.2, -0.15) is 0 Å². The monoisotopic (exact) mass is 273 g/mol. The Labute approximate surface area is 79.1 Å². The molecule has 0 rings (SSSR count). The van der Waals surface area contributed by atoms with Gasteiger partial charge in [0, 0.05) is 0 Å². The first-order valence-electron chi connectivity index (χ1n) is 4.06. The minimum absolute atomic E-state index is 0.227. The van der Waals surface area contributed by atoms with E-state index >= 15 is 0 Å². The number of oxime groups is 1. The topological polar surface area (TPSA) is 32.6 Å². The number of hydrogen-bond donors (Lipinski definition) is 1. The van der Waals surface area contributed by atoms with E-state index in [-0.39, 0.29) is 20.9 Å². The van der Waals surface area contributed by atoms with Gasteiger partial charge < -0.3 is 0 Å². The van der Waals surface area contributed by atoms with Gasteiger partial charge in [0.05, 0.1) is 0 Å². The van der Waals surface area contributed by atoms with E-state index in [1.807, 2.05) is 6.92 Å². The summed E-state index contributed by atoms with van der Waals surface area (Å²) in [6, 6.07) is 0. The van der Waals surface area contributed by atoms with Crippen LogP contribution in [0.15, 0.2) is 5.16 Å². The van der Waals surface area contributed by atoms with Crippen molar-refractivity contribution in [2.75, 3.05) is 0 Å². The first-order valence-corrected chi connectivity index (χ1v) is 7.36. The maximum absolute atomic E-state index is 8.34. The Morgan fingerprint density at radius 2 is 2.18 bits per heavy atom. The molecule has 0 aliphatic rings. The molecule has 0 aliphatic heterocycles. The third-order valence-electron chi connectivity index (χ3n) is 1.42. The Hall–Kier alpha value is 0.260. The van der Waals surface area contributed by atoms with Gasteiger partial charge in [0.15, 0.2) is 0 Å². The molecule has 66 valence electrons. The van der Waals surface area contributed by atoms with E-state index in [9.17, 15) is 0 Å². The van der Waals surface area contributed by atoms with Gasteiger partial charge in [-0.3, -0.25) is 0 Å². The van der Waals surface area contributed by atoms with Crippen molar-refractivity contribution in [3.05, 3.63) is 0 Å². The maximum atomic E-state index is 8.34. The second-order valence-electron chi connectivity index (χ2n) is 2.55. The molecule has 1 N–H and O–H groups in total. The molecule has 0 saturated heterocycles. The molecular formula is C8H17NOTe. The van der Waals surface area contributed by atoms with Gasteiger partial charge in [-0.25, -0.2) is 0 Å². The molecule has 0 fully saturated rings. The van der Waals surface area contributed by atoms with E-state index in [1.165, 1.54) is 21.8 Å². The fraction of sp³-hybridized carbons (Fsp3) is 0.875. The Kier molecular flexibility index (Phi) is 8.55. The molecule has 0 aromatic heterocycles. The molecular weight excluding hydrogens is 254 g/mol. The van der Waals surface area contributed by atoms with Crippen LogP contribution in [0.2, 0.25) is 8.94 Å². The third-order valence-corrected chi connectivity index (χ3v) is 4.48. The number of hydrogen-bond acceptors (Lipinski definition) is 2. The van der Waals surface area contributed by atoms with Crippen LogP contribution in [-0.4, -0.2) is 31.8 Å². The van der Waals surface area contributed by atoms with Crippen molar-refractivity contribution in [3.8, 4) is 0 Å². The minimum atomic E-state index is 0.227. The summed E-state index contributed by atoms with van der Waals surface area (Å²) in [5, 5.41) is 11.5. The number of nitrogens with zero attached hydrogens (tertiary/aromatic N) is 1. The zero-order valence-electron chi connectivity index (χ0n) is 7.34. The van der Waals surface area contributed by atoms with Crippen LogP contribution in [0.4, 0.5) is 0 Å². The summed E-state index contributed by atoms with van der Waals surface area (Å²) in [5.74, 6) is 0. The van der Waals surface area contributed by atoms with Gasteiger partial charge in [0.2, 0.25) is 0 Å². The van der Waals surface area contributed by atoms with E-state index in [0.29, 0.717) is 0 Å². The molecule has 3 heteroatoms. The summed E-state index contributed by atoms with van der Waals surface area (Å²) in [5.41, 5.74) is 0.881. The summed E-state index contributed by atoms with van der Waals surface area (Å²) >= 11 is 0.227.